The maximum absolute atomic E-state index is 5.62. The van der Waals surface area contributed by atoms with Gasteiger partial charge < -0.3 is 10.5 Å². The summed E-state index contributed by atoms with van der Waals surface area (Å²) < 4.78 is 5.55. The second-order valence-electron chi connectivity index (χ2n) is 5.30. The Balaban J connectivity index is 0.00000225. The molecule has 1 rings (SSSR count). The summed E-state index contributed by atoms with van der Waals surface area (Å²) in [7, 11) is 0. The normalized spacial score (nSPS) is 22.9. The van der Waals surface area contributed by atoms with Gasteiger partial charge in [0.05, 0.1) is 12.7 Å². The number of halogens is 1. The summed E-state index contributed by atoms with van der Waals surface area (Å²) in [6.07, 6.45) is 2.77. The van der Waals surface area contributed by atoms with E-state index in [1.165, 1.54) is 19.4 Å². The largest absolute Gasteiger partial charge is 0.374 e. The highest BCUT2D eigenvalue weighted by Gasteiger charge is 2.21. The Morgan fingerprint density at radius 3 is 2.69 bits per heavy atom. The zero-order valence-electron chi connectivity index (χ0n) is 10.9. The van der Waals surface area contributed by atoms with Gasteiger partial charge in [-0.15, -0.1) is 12.4 Å². The molecule has 0 spiro atoms. The van der Waals surface area contributed by atoms with Crippen LogP contribution >= 0.6 is 12.4 Å². The van der Waals surface area contributed by atoms with E-state index in [0.29, 0.717) is 12.0 Å². The first-order valence-electron chi connectivity index (χ1n) is 6.11. The molecule has 1 saturated heterocycles. The number of hydrogen-bond donors (Lipinski definition) is 1. The first-order valence-corrected chi connectivity index (χ1v) is 6.11. The van der Waals surface area contributed by atoms with E-state index in [4.69, 9.17) is 10.5 Å². The molecule has 1 aliphatic heterocycles. The molecular formula is C12H27ClN2O. The smallest absolute Gasteiger partial charge is 0.0824 e. The number of ether oxygens (including phenoxy) is 1. The Bertz CT molecular complexity index is 188. The minimum atomic E-state index is 0. The summed E-state index contributed by atoms with van der Waals surface area (Å²) in [6, 6.07) is 0. The lowest BCUT2D eigenvalue weighted by Crippen LogP contribution is -2.46. The topological polar surface area (TPSA) is 38.5 Å². The van der Waals surface area contributed by atoms with Gasteiger partial charge in [-0.3, -0.25) is 4.90 Å². The van der Waals surface area contributed by atoms with Crippen LogP contribution in [0.4, 0.5) is 0 Å². The fourth-order valence-electron chi connectivity index (χ4n) is 1.76. The molecule has 3 nitrogen and oxygen atoms in total. The Labute approximate surface area is 106 Å². The highest BCUT2D eigenvalue weighted by atomic mass is 35.5. The van der Waals surface area contributed by atoms with Gasteiger partial charge in [-0.25, -0.2) is 0 Å². The third kappa shape index (κ3) is 5.48. The summed E-state index contributed by atoms with van der Waals surface area (Å²) in [5.74, 6) is 0. The van der Waals surface area contributed by atoms with Gasteiger partial charge in [0.1, 0.15) is 0 Å². The van der Waals surface area contributed by atoms with E-state index >= 15 is 0 Å². The minimum absolute atomic E-state index is 0. The molecule has 1 heterocycles. The third-order valence-electron chi connectivity index (χ3n) is 3.55. The molecule has 0 radical (unpaired) electrons. The van der Waals surface area contributed by atoms with Crippen molar-refractivity contribution in [2.45, 2.75) is 39.7 Å². The van der Waals surface area contributed by atoms with E-state index in [-0.39, 0.29) is 18.5 Å². The number of rotatable bonds is 5. The van der Waals surface area contributed by atoms with Crippen LogP contribution in [0, 0.1) is 5.41 Å². The Morgan fingerprint density at radius 2 is 2.12 bits per heavy atom. The molecule has 1 fully saturated rings. The van der Waals surface area contributed by atoms with Crippen molar-refractivity contribution < 1.29 is 4.74 Å². The molecule has 0 aromatic rings. The lowest BCUT2D eigenvalue weighted by Gasteiger charge is -2.34. The van der Waals surface area contributed by atoms with Gasteiger partial charge in [0.15, 0.2) is 0 Å². The van der Waals surface area contributed by atoms with Gasteiger partial charge >= 0.3 is 0 Å². The molecule has 1 aliphatic rings. The summed E-state index contributed by atoms with van der Waals surface area (Å²) in [5, 5.41) is 0. The second kappa shape index (κ2) is 7.49. The van der Waals surface area contributed by atoms with Gasteiger partial charge in [0, 0.05) is 19.6 Å². The Kier molecular flexibility index (Phi) is 7.57. The predicted octanol–water partition coefficient (Wildman–Crippen LogP) is 1.89. The molecule has 1 atom stereocenters. The molecule has 4 heteroatoms. The molecular weight excluding hydrogens is 224 g/mol. The fourth-order valence-corrected chi connectivity index (χ4v) is 1.76. The number of nitrogens with zero attached hydrogens (tertiary/aromatic N) is 1. The van der Waals surface area contributed by atoms with Gasteiger partial charge in [-0.05, 0) is 18.4 Å². The lowest BCUT2D eigenvalue weighted by molar-refractivity contribution is -0.0261. The van der Waals surface area contributed by atoms with Gasteiger partial charge in [-0.2, -0.15) is 0 Å². The fraction of sp³-hybridized carbons (Fsp3) is 1.00. The molecule has 0 bridgehead atoms. The zero-order valence-corrected chi connectivity index (χ0v) is 11.7. The van der Waals surface area contributed by atoms with Crippen molar-refractivity contribution in [2.24, 2.45) is 11.1 Å². The van der Waals surface area contributed by atoms with E-state index in [2.05, 4.69) is 25.7 Å². The van der Waals surface area contributed by atoms with Gasteiger partial charge in [0.2, 0.25) is 0 Å². The van der Waals surface area contributed by atoms with E-state index in [1.807, 2.05) is 0 Å². The third-order valence-corrected chi connectivity index (χ3v) is 3.55. The van der Waals surface area contributed by atoms with Crippen molar-refractivity contribution in [3.8, 4) is 0 Å². The lowest BCUT2D eigenvalue weighted by atomic mass is 9.86. The van der Waals surface area contributed by atoms with Crippen molar-refractivity contribution in [2.75, 3.05) is 32.8 Å². The van der Waals surface area contributed by atoms with E-state index < -0.39 is 0 Å². The first-order chi connectivity index (χ1) is 7.07. The van der Waals surface area contributed by atoms with E-state index in [0.717, 1.165) is 19.7 Å². The van der Waals surface area contributed by atoms with Crippen molar-refractivity contribution in [1.82, 2.24) is 4.90 Å². The van der Waals surface area contributed by atoms with Gasteiger partial charge in [-0.1, -0.05) is 27.2 Å². The monoisotopic (exact) mass is 250 g/mol. The molecule has 16 heavy (non-hydrogen) atoms. The zero-order chi connectivity index (χ0) is 11.3. The maximum atomic E-state index is 5.62. The second-order valence-corrected chi connectivity index (χ2v) is 5.30. The molecule has 98 valence electrons. The average Bonchev–Trinajstić information content (AvgIpc) is 2.27. The quantitative estimate of drug-likeness (QED) is 0.810. The average molecular weight is 251 g/mol. The van der Waals surface area contributed by atoms with Crippen LogP contribution < -0.4 is 5.73 Å². The molecule has 2 N–H and O–H groups in total. The van der Waals surface area contributed by atoms with Crippen LogP contribution in [0.1, 0.15) is 33.6 Å². The first kappa shape index (κ1) is 16.2. The van der Waals surface area contributed by atoms with Crippen molar-refractivity contribution in [1.29, 1.82) is 0 Å². The molecule has 0 aliphatic carbocycles. The maximum Gasteiger partial charge on any atom is 0.0824 e. The summed E-state index contributed by atoms with van der Waals surface area (Å²) in [6.45, 7) is 11.7. The minimum Gasteiger partial charge on any atom is -0.374 e. The number of morpholine rings is 1. The van der Waals surface area contributed by atoms with Crippen LogP contribution in [0.5, 0.6) is 0 Å². The van der Waals surface area contributed by atoms with Crippen molar-refractivity contribution in [3.63, 3.8) is 0 Å². The molecule has 0 aromatic heterocycles. The molecule has 0 amide bonds. The Morgan fingerprint density at radius 1 is 1.44 bits per heavy atom. The number of nitrogens with two attached hydrogens (primary N) is 1. The number of hydrogen-bond acceptors (Lipinski definition) is 3. The van der Waals surface area contributed by atoms with Crippen molar-refractivity contribution >= 4 is 12.4 Å². The molecule has 1 unspecified atom stereocenters. The SMILES string of the molecule is CCC(C)(C)CCN1CCOC(CN)C1.Cl. The van der Waals surface area contributed by atoms with E-state index in [1.54, 1.807) is 0 Å². The van der Waals surface area contributed by atoms with Crippen LogP contribution in [0.15, 0.2) is 0 Å². The molecule has 0 saturated carbocycles. The van der Waals surface area contributed by atoms with Crippen LogP contribution in [-0.4, -0.2) is 43.8 Å². The molecule has 0 aromatic carbocycles. The summed E-state index contributed by atoms with van der Waals surface area (Å²) >= 11 is 0. The van der Waals surface area contributed by atoms with Crippen LogP contribution in [-0.2, 0) is 4.74 Å². The van der Waals surface area contributed by atoms with Crippen molar-refractivity contribution in [3.05, 3.63) is 0 Å². The van der Waals surface area contributed by atoms with Crippen LogP contribution in [0.3, 0.4) is 0 Å². The summed E-state index contributed by atoms with van der Waals surface area (Å²) in [5.41, 5.74) is 6.09. The standard InChI is InChI=1S/C12H26N2O.ClH/c1-4-12(2,3)5-6-14-7-8-15-11(9-13)10-14;/h11H,4-10,13H2,1-3H3;1H. The Hall–Kier alpha value is 0.170. The highest BCUT2D eigenvalue weighted by molar-refractivity contribution is 5.85. The van der Waals surface area contributed by atoms with Gasteiger partial charge in [0.25, 0.3) is 0 Å². The summed E-state index contributed by atoms with van der Waals surface area (Å²) in [4.78, 5) is 2.48. The predicted molar refractivity (Wildman–Crippen MR) is 71.2 cm³/mol. The van der Waals surface area contributed by atoms with Crippen LogP contribution in [0.25, 0.3) is 0 Å². The van der Waals surface area contributed by atoms with Crippen LogP contribution in [0.2, 0.25) is 0 Å². The van der Waals surface area contributed by atoms with E-state index in [9.17, 15) is 0 Å². The highest BCUT2D eigenvalue weighted by Crippen LogP contribution is 2.24.